The molecule has 0 radical (unpaired) electrons. The van der Waals surface area contributed by atoms with Crippen molar-refractivity contribution in [3.05, 3.63) is 58.9 Å². The van der Waals surface area contributed by atoms with Crippen LogP contribution in [0.3, 0.4) is 0 Å². The van der Waals surface area contributed by atoms with Crippen molar-refractivity contribution in [2.24, 2.45) is 5.92 Å². The lowest BCUT2D eigenvalue weighted by Crippen LogP contribution is -2.08. The molecule has 0 aliphatic heterocycles. The van der Waals surface area contributed by atoms with Crippen molar-refractivity contribution in [2.45, 2.75) is 60.3 Å². The standard InChI is InChI=1S/C18H18ClN3O2.C5H10.C3H8/c1-10(20)12-4-3-5-14(18(12)24-2)22-15-8-16(19)21-9-13(15)17(23)11-6-7-11;1-3-5-4-2;1-3-2/h3-5,8-9,11,20H,6-7H2,1-2H3,(H,21,22);3,5H,4H2,1-2H3;3H2,1-2H3/b;5-3+;. The van der Waals surface area contributed by atoms with E-state index in [-0.39, 0.29) is 11.7 Å². The Morgan fingerprint density at radius 3 is 2.38 bits per heavy atom. The van der Waals surface area contributed by atoms with Gasteiger partial charge in [-0.1, -0.05) is 57.0 Å². The number of pyridine rings is 1. The number of ketones is 1. The number of halogens is 1. The Bertz CT molecular complexity index is 921. The number of anilines is 2. The third-order valence-corrected chi connectivity index (χ3v) is 4.65. The van der Waals surface area contributed by atoms with Gasteiger partial charge in [-0.2, -0.15) is 0 Å². The number of carbonyl (C=O) groups excluding carboxylic acids is 1. The fourth-order valence-corrected chi connectivity index (χ4v) is 2.98. The van der Waals surface area contributed by atoms with E-state index in [2.05, 4.69) is 43.2 Å². The number of benzene rings is 1. The minimum absolute atomic E-state index is 0.0834. The SMILES string of the molecule is C/C=C/CC.CCC.COc1c(Nc2cc(Cl)ncc2C(=O)C2CC2)cccc1C(C)=N. The number of hydrogen-bond donors (Lipinski definition) is 2. The second-order valence-corrected chi connectivity index (χ2v) is 7.90. The lowest BCUT2D eigenvalue weighted by molar-refractivity contribution is 0.0968. The first-order valence-corrected chi connectivity index (χ1v) is 11.5. The summed E-state index contributed by atoms with van der Waals surface area (Å²) < 4.78 is 5.46. The smallest absolute Gasteiger partial charge is 0.169 e. The predicted molar refractivity (Wildman–Crippen MR) is 136 cm³/mol. The number of aromatic nitrogens is 1. The van der Waals surface area contributed by atoms with Gasteiger partial charge in [0.15, 0.2) is 11.5 Å². The van der Waals surface area contributed by atoms with Gasteiger partial charge in [-0.3, -0.25) is 4.79 Å². The zero-order valence-electron chi connectivity index (χ0n) is 20.1. The summed E-state index contributed by atoms with van der Waals surface area (Å²) in [5.41, 5.74) is 2.90. The van der Waals surface area contributed by atoms with E-state index >= 15 is 0 Å². The predicted octanol–water partition coefficient (Wildman–Crippen LogP) is 7.86. The Balaban J connectivity index is 0.000000555. The average Bonchev–Trinajstić information content (AvgIpc) is 3.60. The molecule has 2 N–H and O–H groups in total. The molecule has 3 rings (SSSR count). The van der Waals surface area contributed by atoms with E-state index in [1.807, 2.05) is 25.1 Å². The Morgan fingerprint density at radius 2 is 1.91 bits per heavy atom. The lowest BCUT2D eigenvalue weighted by Gasteiger charge is -2.16. The van der Waals surface area contributed by atoms with Gasteiger partial charge in [0, 0.05) is 23.4 Å². The summed E-state index contributed by atoms with van der Waals surface area (Å²) in [4.78, 5) is 16.5. The number of Topliss-reactive ketones (excluding diaryl/α,β-unsaturated/α-hetero) is 1. The molecule has 0 unspecified atom stereocenters. The number of methoxy groups -OCH3 is 1. The van der Waals surface area contributed by atoms with E-state index in [0.29, 0.717) is 39.1 Å². The van der Waals surface area contributed by atoms with Crippen LogP contribution in [0.2, 0.25) is 5.15 Å². The third kappa shape index (κ3) is 8.46. The molecule has 0 amide bonds. The maximum Gasteiger partial charge on any atom is 0.169 e. The average molecular weight is 458 g/mol. The Kier molecular flexibility index (Phi) is 12.3. The summed E-state index contributed by atoms with van der Waals surface area (Å²) in [6.45, 7) is 10.1. The van der Waals surface area contributed by atoms with Crippen molar-refractivity contribution in [1.82, 2.24) is 4.98 Å². The second-order valence-electron chi connectivity index (χ2n) is 7.51. The van der Waals surface area contributed by atoms with Crippen LogP contribution in [0.15, 0.2) is 42.6 Å². The molecule has 1 aliphatic carbocycles. The fourth-order valence-electron chi connectivity index (χ4n) is 2.83. The van der Waals surface area contributed by atoms with E-state index in [0.717, 1.165) is 19.3 Å². The minimum atomic E-state index is 0.0834. The van der Waals surface area contributed by atoms with Gasteiger partial charge in [-0.15, -0.1) is 0 Å². The van der Waals surface area contributed by atoms with Gasteiger partial charge < -0.3 is 15.5 Å². The van der Waals surface area contributed by atoms with E-state index in [9.17, 15) is 4.79 Å². The Labute approximate surface area is 197 Å². The van der Waals surface area contributed by atoms with Gasteiger partial charge in [0.25, 0.3) is 0 Å². The number of ether oxygens (including phenoxy) is 1. The first kappa shape index (κ1) is 27.4. The van der Waals surface area contributed by atoms with E-state index < -0.39 is 0 Å². The highest BCUT2D eigenvalue weighted by Gasteiger charge is 2.32. The number of allylic oxidation sites excluding steroid dienone is 2. The maximum atomic E-state index is 12.5. The number of rotatable bonds is 7. The molecule has 174 valence electrons. The van der Waals surface area contributed by atoms with Gasteiger partial charge in [-0.25, -0.2) is 4.98 Å². The molecular formula is C26H36ClN3O2. The molecule has 32 heavy (non-hydrogen) atoms. The van der Waals surface area contributed by atoms with Crippen LogP contribution in [0.1, 0.15) is 76.2 Å². The quantitative estimate of drug-likeness (QED) is 0.192. The maximum absolute atomic E-state index is 12.5. The summed E-state index contributed by atoms with van der Waals surface area (Å²) in [7, 11) is 1.56. The lowest BCUT2D eigenvalue weighted by atomic mass is 10.1. The van der Waals surface area contributed by atoms with Crippen LogP contribution in [0.5, 0.6) is 5.75 Å². The first-order chi connectivity index (χ1) is 15.3. The molecule has 0 saturated heterocycles. The van der Waals surface area contributed by atoms with Crippen LogP contribution in [-0.2, 0) is 0 Å². The monoisotopic (exact) mass is 457 g/mol. The largest absolute Gasteiger partial charge is 0.494 e. The van der Waals surface area contributed by atoms with Crippen LogP contribution >= 0.6 is 11.6 Å². The molecule has 1 heterocycles. The van der Waals surface area contributed by atoms with Gasteiger partial charge in [0.2, 0.25) is 0 Å². The van der Waals surface area contributed by atoms with Crippen LogP contribution in [0.25, 0.3) is 0 Å². The van der Waals surface area contributed by atoms with Crippen molar-refractivity contribution < 1.29 is 9.53 Å². The summed E-state index contributed by atoms with van der Waals surface area (Å²) in [6, 6.07) is 7.14. The number of para-hydroxylation sites is 1. The van der Waals surface area contributed by atoms with Crippen molar-refractivity contribution in [3.8, 4) is 5.75 Å². The molecule has 0 atom stereocenters. The number of nitrogens with one attached hydrogen (secondary N) is 2. The van der Waals surface area contributed by atoms with Crippen LogP contribution in [0, 0.1) is 11.3 Å². The van der Waals surface area contributed by atoms with Crippen molar-refractivity contribution >= 4 is 34.5 Å². The van der Waals surface area contributed by atoms with E-state index in [1.54, 1.807) is 20.1 Å². The highest BCUT2D eigenvalue weighted by Crippen LogP contribution is 2.37. The normalized spacial score (nSPS) is 12.2. The minimum Gasteiger partial charge on any atom is -0.494 e. The summed E-state index contributed by atoms with van der Waals surface area (Å²) in [6.07, 6.45) is 9.96. The second kappa shape index (κ2) is 14.4. The third-order valence-electron chi connectivity index (χ3n) is 4.45. The van der Waals surface area contributed by atoms with Gasteiger partial charge >= 0.3 is 0 Å². The zero-order chi connectivity index (χ0) is 24.1. The van der Waals surface area contributed by atoms with E-state index in [1.165, 1.54) is 12.6 Å². The fraction of sp³-hybridized carbons (Fsp3) is 0.423. The molecule has 2 aromatic rings. The molecule has 1 saturated carbocycles. The highest BCUT2D eigenvalue weighted by atomic mass is 35.5. The number of hydrogen-bond acceptors (Lipinski definition) is 5. The van der Waals surface area contributed by atoms with Gasteiger partial charge in [-0.05, 0) is 51.3 Å². The Hall–Kier alpha value is -2.66. The molecular weight excluding hydrogens is 422 g/mol. The first-order valence-electron chi connectivity index (χ1n) is 11.1. The van der Waals surface area contributed by atoms with E-state index in [4.69, 9.17) is 21.7 Å². The van der Waals surface area contributed by atoms with Crippen LogP contribution in [0.4, 0.5) is 11.4 Å². The molecule has 0 spiro atoms. The summed E-state index contributed by atoms with van der Waals surface area (Å²) in [5.74, 6) is 0.730. The number of nitrogens with zero attached hydrogens (tertiary/aromatic N) is 1. The molecule has 5 nitrogen and oxygen atoms in total. The zero-order valence-corrected chi connectivity index (χ0v) is 20.8. The molecule has 6 heteroatoms. The summed E-state index contributed by atoms with van der Waals surface area (Å²) in [5, 5.41) is 11.4. The summed E-state index contributed by atoms with van der Waals surface area (Å²) >= 11 is 6.01. The van der Waals surface area contributed by atoms with Gasteiger partial charge in [0.05, 0.1) is 24.0 Å². The van der Waals surface area contributed by atoms with Crippen LogP contribution < -0.4 is 10.1 Å². The van der Waals surface area contributed by atoms with Crippen LogP contribution in [-0.4, -0.2) is 23.6 Å². The molecule has 1 fully saturated rings. The molecule has 0 bridgehead atoms. The van der Waals surface area contributed by atoms with Crippen molar-refractivity contribution in [1.29, 1.82) is 5.41 Å². The molecule has 1 aromatic carbocycles. The van der Waals surface area contributed by atoms with Crippen molar-refractivity contribution in [2.75, 3.05) is 12.4 Å². The van der Waals surface area contributed by atoms with Crippen molar-refractivity contribution in [3.63, 3.8) is 0 Å². The van der Waals surface area contributed by atoms with Gasteiger partial charge in [0.1, 0.15) is 5.15 Å². The number of carbonyl (C=O) groups is 1. The molecule has 1 aromatic heterocycles. The molecule has 1 aliphatic rings. The Morgan fingerprint density at radius 1 is 1.25 bits per heavy atom. The topological polar surface area (TPSA) is 75.1 Å². The highest BCUT2D eigenvalue weighted by molar-refractivity contribution is 6.29.